The molecule has 1 aromatic carbocycles. The summed E-state index contributed by atoms with van der Waals surface area (Å²) >= 11 is 0. The molecule has 138 valence electrons. The Labute approximate surface area is 153 Å². The molecule has 1 atom stereocenters. The number of aryl methyl sites for hydroxylation is 2. The highest BCUT2D eigenvalue weighted by Crippen LogP contribution is 2.20. The Morgan fingerprint density at radius 1 is 1.23 bits per heavy atom. The lowest BCUT2D eigenvalue weighted by Gasteiger charge is -2.32. The van der Waals surface area contributed by atoms with Crippen molar-refractivity contribution < 1.29 is 14.3 Å². The average molecular weight is 356 g/mol. The number of likely N-dealkylation sites (tertiary alicyclic amines) is 1. The first-order valence-corrected chi connectivity index (χ1v) is 8.72. The second kappa shape index (κ2) is 8.03. The van der Waals surface area contributed by atoms with E-state index in [1.807, 2.05) is 44.2 Å². The van der Waals surface area contributed by atoms with E-state index in [-0.39, 0.29) is 12.1 Å². The van der Waals surface area contributed by atoms with Crippen molar-refractivity contribution in [3.8, 4) is 11.6 Å². The Hall–Kier alpha value is -2.83. The van der Waals surface area contributed by atoms with E-state index >= 15 is 0 Å². The number of amides is 2. The van der Waals surface area contributed by atoms with Gasteiger partial charge in [-0.15, -0.1) is 0 Å². The Morgan fingerprint density at radius 2 is 2.00 bits per heavy atom. The van der Waals surface area contributed by atoms with Gasteiger partial charge < -0.3 is 19.7 Å². The molecule has 0 bridgehead atoms. The van der Waals surface area contributed by atoms with Crippen LogP contribution in [0.15, 0.2) is 30.3 Å². The predicted molar refractivity (Wildman–Crippen MR) is 98.7 cm³/mol. The van der Waals surface area contributed by atoms with Crippen LogP contribution in [0.2, 0.25) is 0 Å². The zero-order valence-electron chi connectivity index (χ0n) is 15.4. The molecular weight excluding hydrogens is 332 g/mol. The lowest BCUT2D eigenvalue weighted by Crippen LogP contribution is -2.46. The lowest BCUT2D eigenvalue weighted by molar-refractivity contribution is 0.102. The average Bonchev–Trinajstić information content (AvgIpc) is 2.61. The second-order valence-electron chi connectivity index (χ2n) is 6.38. The summed E-state index contributed by atoms with van der Waals surface area (Å²) in [6.45, 7) is 5.00. The van der Waals surface area contributed by atoms with E-state index in [1.165, 1.54) is 0 Å². The molecule has 7 nitrogen and oxygen atoms in total. The zero-order chi connectivity index (χ0) is 18.5. The first kappa shape index (κ1) is 18.0. The number of rotatable bonds is 4. The largest absolute Gasteiger partial charge is 0.497 e. The molecule has 7 heteroatoms. The van der Waals surface area contributed by atoms with Gasteiger partial charge >= 0.3 is 6.03 Å². The maximum Gasteiger partial charge on any atom is 0.321 e. The number of hydrogen-bond donors (Lipinski definition) is 1. The highest BCUT2D eigenvalue weighted by atomic mass is 16.5. The van der Waals surface area contributed by atoms with E-state index in [1.54, 1.807) is 12.0 Å². The Kier molecular flexibility index (Phi) is 5.55. The highest BCUT2D eigenvalue weighted by molar-refractivity contribution is 5.89. The molecule has 1 unspecified atom stereocenters. The summed E-state index contributed by atoms with van der Waals surface area (Å²) < 4.78 is 11.1. The molecular formula is C19H24N4O3. The summed E-state index contributed by atoms with van der Waals surface area (Å²) in [6.07, 6.45) is 1.72. The number of nitrogens with zero attached hydrogens (tertiary/aromatic N) is 3. The van der Waals surface area contributed by atoms with Gasteiger partial charge in [0.25, 0.3) is 0 Å². The van der Waals surface area contributed by atoms with Crippen LogP contribution in [-0.4, -0.2) is 47.2 Å². The van der Waals surface area contributed by atoms with E-state index in [2.05, 4.69) is 15.3 Å². The van der Waals surface area contributed by atoms with Gasteiger partial charge in [0, 0.05) is 24.0 Å². The molecule has 1 aliphatic heterocycles. The van der Waals surface area contributed by atoms with Crippen LogP contribution in [0, 0.1) is 13.8 Å². The Morgan fingerprint density at radius 3 is 2.69 bits per heavy atom. The maximum atomic E-state index is 12.5. The fourth-order valence-corrected chi connectivity index (χ4v) is 3.01. The first-order valence-electron chi connectivity index (χ1n) is 8.72. The molecule has 0 spiro atoms. The number of piperidine rings is 1. The number of urea groups is 1. The number of methoxy groups -OCH3 is 1. The van der Waals surface area contributed by atoms with Crippen LogP contribution < -0.4 is 14.8 Å². The highest BCUT2D eigenvalue weighted by Gasteiger charge is 2.25. The number of carbonyl (C=O) groups excluding carboxylic acids is 1. The van der Waals surface area contributed by atoms with Crippen molar-refractivity contribution in [2.75, 3.05) is 25.5 Å². The molecule has 0 radical (unpaired) electrons. The van der Waals surface area contributed by atoms with Gasteiger partial charge in [-0.1, -0.05) is 0 Å². The van der Waals surface area contributed by atoms with E-state index in [0.717, 1.165) is 30.0 Å². The minimum absolute atomic E-state index is 0.0703. The number of carbonyl (C=O) groups is 1. The molecule has 1 N–H and O–H groups in total. The van der Waals surface area contributed by atoms with Crippen molar-refractivity contribution in [3.05, 3.63) is 41.9 Å². The molecule has 0 aliphatic carbocycles. The Balaban J connectivity index is 1.59. The van der Waals surface area contributed by atoms with Gasteiger partial charge in [-0.3, -0.25) is 0 Å². The smallest absolute Gasteiger partial charge is 0.321 e. The van der Waals surface area contributed by atoms with Gasteiger partial charge in [0.05, 0.1) is 13.7 Å². The van der Waals surface area contributed by atoms with Gasteiger partial charge in [0.1, 0.15) is 17.7 Å². The van der Waals surface area contributed by atoms with Crippen molar-refractivity contribution in [2.24, 2.45) is 0 Å². The van der Waals surface area contributed by atoms with Gasteiger partial charge in [0.2, 0.25) is 5.88 Å². The first-order chi connectivity index (χ1) is 12.5. The number of nitrogens with one attached hydrogen (secondary N) is 1. The van der Waals surface area contributed by atoms with Crippen molar-refractivity contribution in [3.63, 3.8) is 0 Å². The summed E-state index contributed by atoms with van der Waals surface area (Å²) in [5.41, 5.74) is 1.61. The molecule has 1 saturated heterocycles. The molecule has 1 fully saturated rings. The van der Waals surface area contributed by atoms with E-state index in [9.17, 15) is 4.79 Å². The van der Waals surface area contributed by atoms with E-state index in [0.29, 0.717) is 24.8 Å². The van der Waals surface area contributed by atoms with E-state index < -0.39 is 0 Å². The number of anilines is 1. The van der Waals surface area contributed by atoms with Crippen LogP contribution in [0.3, 0.4) is 0 Å². The van der Waals surface area contributed by atoms with Crippen LogP contribution in [0.5, 0.6) is 11.6 Å². The van der Waals surface area contributed by atoms with Gasteiger partial charge in [-0.25, -0.2) is 9.78 Å². The lowest BCUT2D eigenvalue weighted by atomic mass is 10.1. The standard InChI is InChI=1S/C19H24N4O3/c1-13-11-18(21-14(2)20-13)26-17-5-4-10-23(12-17)19(24)22-15-6-8-16(25-3)9-7-15/h6-9,11,17H,4-5,10,12H2,1-3H3,(H,22,24). The summed E-state index contributed by atoms with van der Waals surface area (Å²) in [7, 11) is 1.61. The molecule has 2 aromatic rings. The zero-order valence-corrected chi connectivity index (χ0v) is 15.4. The molecule has 1 aromatic heterocycles. The summed E-state index contributed by atoms with van der Waals surface area (Å²) in [5, 5.41) is 2.92. The van der Waals surface area contributed by atoms with Gasteiger partial charge in [-0.2, -0.15) is 4.98 Å². The van der Waals surface area contributed by atoms with E-state index in [4.69, 9.17) is 9.47 Å². The fourth-order valence-electron chi connectivity index (χ4n) is 3.01. The molecule has 3 rings (SSSR count). The molecule has 1 aliphatic rings. The fraction of sp³-hybridized carbons (Fsp3) is 0.421. The topological polar surface area (TPSA) is 76.6 Å². The van der Waals surface area contributed by atoms with Crippen LogP contribution in [0.1, 0.15) is 24.4 Å². The van der Waals surface area contributed by atoms with Crippen molar-refractivity contribution in [1.82, 2.24) is 14.9 Å². The van der Waals surface area contributed by atoms with Crippen molar-refractivity contribution >= 4 is 11.7 Å². The normalized spacial score (nSPS) is 16.9. The van der Waals surface area contributed by atoms with Crippen LogP contribution in [0.25, 0.3) is 0 Å². The minimum atomic E-state index is -0.126. The third kappa shape index (κ3) is 4.62. The van der Waals surface area contributed by atoms with Gasteiger partial charge in [0.15, 0.2) is 0 Å². The molecule has 2 amide bonds. The second-order valence-corrected chi connectivity index (χ2v) is 6.38. The van der Waals surface area contributed by atoms with Crippen molar-refractivity contribution in [2.45, 2.75) is 32.8 Å². The maximum absolute atomic E-state index is 12.5. The number of hydrogen-bond acceptors (Lipinski definition) is 5. The monoisotopic (exact) mass is 356 g/mol. The van der Waals surface area contributed by atoms with Crippen LogP contribution in [0.4, 0.5) is 10.5 Å². The SMILES string of the molecule is COc1ccc(NC(=O)N2CCCC(Oc3cc(C)nc(C)n3)C2)cc1. The molecule has 26 heavy (non-hydrogen) atoms. The van der Waals surface area contributed by atoms with Crippen molar-refractivity contribution in [1.29, 1.82) is 0 Å². The number of aromatic nitrogens is 2. The predicted octanol–water partition coefficient (Wildman–Crippen LogP) is 3.18. The van der Waals surface area contributed by atoms with Crippen LogP contribution in [-0.2, 0) is 0 Å². The van der Waals surface area contributed by atoms with Crippen LogP contribution >= 0.6 is 0 Å². The number of ether oxygens (including phenoxy) is 2. The number of benzene rings is 1. The quantitative estimate of drug-likeness (QED) is 0.910. The van der Waals surface area contributed by atoms with Gasteiger partial charge in [-0.05, 0) is 51.0 Å². The third-order valence-electron chi connectivity index (χ3n) is 4.24. The summed E-state index contributed by atoms with van der Waals surface area (Å²) in [4.78, 5) is 22.9. The Bertz CT molecular complexity index is 744. The molecule has 0 saturated carbocycles. The summed E-state index contributed by atoms with van der Waals surface area (Å²) in [5.74, 6) is 2.01. The molecule has 2 heterocycles. The summed E-state index contributed by atoms with van der Waals surface area (Å²) in [6, 6.07) is 8.97. The third-order valence-corrected chi connectivity index (χ3v) is 4.24. The minimum Gasteiger partial charge on any atom is -0.497 e.